The second-order valence-corrected chi connectivity index (χ2v) is 7.28. The number of amides is 2. The van der Waals surface area contributed by atoms with Crippen molar-refractivity contribution < 1.29 is 14.1 Å². The fourth-order valence-corrected chi connectivity index (χ4v) is 3.33. The summed E-state index contributed by atoms with van der Waals surface area (Å²) in [5, 5.41) is 12.9. The monoisotopic (exact) mass is 442 g/mol. The van der Waals surface area contributed by atoms with Gasteiger partial charge in [0.2, 0.25) is 5.78 Å². The van der Waals surface area contributed by atoms with Gasteiger partial charge in [-0.3, -0.25) is 19.1 Å². The molecule has 2 amide bonds. The summed E-state index contributed by atoms with van der Waals surface area (Å²) in [7, 11) is 1.60. The van der Waals surface area contributed by atoms with Gasteiger partial charge in [-0.25, -0.2) is 4.98 Å². The molecule has 0 radical (unpaired) electrons. The van der Waals surface area contributed by atoms with Gasteiger partial charge in [0.1, 0.15) is 23.5 Å². The number of carbonyl (C=O) groups excluding carboxylic acids is 2. The fourth-order valence-electron chi connectivity index (χ4n) is 3.33. The average Bonchev–Trinajstić information content (AvgIpc) is 3.59. The number of aromatic amines is 1. The number of imidazole rings is 1. The molecule has 11 heteroatoms. The molecule has 5 aromatic rings. The van der Waals surface area contributed by atoms with Crippen molar-refractivity contribution in [3.8, 4) is 11.3 Å². The van der Waals surface area contributed by atoms with E-state index in [4.69, 9.17) is 4.52 Å². The summed E-state index contributed by atoms with van der Waals surface area (Å²) in [6.07, 6.45) is 6.35. The number of anilines is 1. The molecule has 0 aliphatic carbocycles. The van der Waals surface area contributed by atoms with Gasteiger partial charge in [-0.15, -0.1) is 0 Å². The van der Waals surface area contributed by atoms with Crippen molar-refractivity contribution in [2.24, 2.45) is 0 Å². The van der Waals surface area contributed by atoms with Crippen molar-refractivity contribution in [1.29, 1.82) is 0 Å². The Hall–Kier alpha value is -4.80. The van der Waals surface area contributed by atoms with Gasteiger partial charge in [-0.2, -0.15) is 10.1 Å². The van der Waals surface area contributed by atoms with Crippen LogP contribution in [-0.4, -0.2) is 53.5 Å². The molecule has 0 spiro atoms. The highest BCUT2D eigenvalue weighted by atomic mass is 16.5. The van der Waals surface area contributed by atoms with E-state index in [1.807, 2.05) is 36.5 Å². The Morgan fingerprint density at radius 1 is 1.15 bits per heavy atom. The quantitative estimate of drug-likeness (QED) is 0.413. The molecular formula is C22H18N8O3. The van der Waals surface area contributed by atoms with E-state index in [2.05, 4.69) is 30.6 Å². The number of H-pyrrole nitrogens is 1. The van der Waals surface area contributed by atoms with Gasteiger partial charge in [0.25, 0.3) is 11.8 Å². The van der Waals surface area contributed by atoms with Crippen LogP contribution in [0.15, 0.2) is 71.8 Å². The maximum Gasteiger partial charge on any atom is 0.275 e. The van der Waals surface area contributed by atoms with Gasteiger partial charge < -0.3 is 14.7 Å². The Balaban J connectivity index is 1.34. The summed E-state index contributed by atoms with van der Waals surface area (Å²) in [6, 6.07) is 13.0. The Morgan fingerprint density at radius 2 is 2.00 bits per heavy atom. The first-order valence-electron chi connectivity index (χ1n) is 9.99. The van der Waals surface area contributed by atoms with Gasteiger partial charge in [0.05, 0.1) is 24.0 Å². The summed E-state index contributed by atoms with van der Waals surface area (Å²) in [4.78, 5) is 36.0. The number of nitrogens with zero attached hydrogens (tertiary/aromatic N) is 6. The zero-order chi connectivity index (χ0) is 22.8. The Morgan fingerprint density at radius 3 is 2.79 bits per heavy atom. The highest BCUT2D eigenvalue weighted by molar-refractivity contribution is 6.10. The first-order chi connectivity index (χ1) is 16.1. The number of aromatic nitrogens is 6. The van der Waals surface area contributed by atoms with Crippen LogP contribution in [0, 0.1) is 0 Å². The first-order valence-corrected chi connectivity index (χ1v) is 9.99. The second kappa shape index (κ2) is 8.38. The topological polar surface area (TPSA) is 134 Å². The molecule has 1 aromatic carbocycles. The van der Waals surface area contributed by atoms with Gasteiger partial charge in [0, 0.05) is 31.1 Å². The van der Waals surface area contributed by atoms with Crippen LogP contribution in [0.4, 0.5) is 5.82 Å². The predicted octanol–water partition coefficient (Wildman–Crippen LogP) is 2.63. The molecule has 4 aromatic heterocycles. The molecule has 164 valence electrons. The standard InChI is InChI=1S/C22H18N8O3/c1-29(12-15-8-10-33-28-15)21(32)16-11-23-27-19(16)20(31)25-18-7-9-30-13-17(24-22(30)26-18)14-5-3-2-4-6-14/h2-11,13H,12H2,1H3,(H,23,27)(H,24,25,26,31). The number of hydrogen-bond donors (Lipinski definition) is 2. The Kier molecular flexibility index (Phi) is 5.11. The van der Waals surface area contributed by atoms with Crippen molar-refractivity contribution >= 4 is 23.4 Å². The molecule has 0 saturated heterocycles. The van der Waals surface area contributed by atoms with Crippen LogP contribution in [0.3, 0.4) is 0 Å². The van der Waals surface area contributed by atoms with Gasteiger partial charge in [0.15, 0.2) is 0 Å². The van der Waals surface area contributed by atoms with Crippen LogP contribution < -0.4 is 5.32 Å². The van der Waals surface area contributed by atoms with Crippen molar-refractivity contribution in [2.75, 3.05) is 12.4 Å². The molecule has 33 heavy (non-hydrogen) atoms. The van der Waals surface area contributed by atoms with Crippen molar-refractivity contribution in [3.63, 3.8) is 0 Å². The molecule has 0 aliphatic rings. The third-order valence-electron chi connectivity index (χ3n) is 4.97. The van der Waals surface area contributed by atoms with Crippen LogP contribution in [0.1, 0.15) is 26.5 Å². The zero-order valence-electron chi connectivity index (χ0n) is 17.5. The molecule has 0 aliphatic heterocycles. The lowest BCUT2D eigenvalue weighted by molar-refractivity contribution is 0.0777. The van der Waals surface area contributed by atoms with Crippen LogP contribution in [0.2, 0.25) is 0 Å². The summed E-state index contributed by atoms with van der Waals surface area (Å²) < 4.78 is 6.55. The van der Waals surface area contributed by atoms with E-state index in [0.717, 1.165) is 11.3 Å². The maximum absolute atomic E-state index is 12.9. The molecule has 0 atom stereocenters. The third kappa shape index (κ3) is 4.06. The van der Waals surface area contributed by atoms with E-state index >= 15 is 0 Å². The third-order valence-corrected chi connectivity index (χ3v) is 4.97. The lowest BCUT2D eigenvalue weighted by atomic mass is 10.2. The van der Waals surface area contributed by atoms with E-state index in [0.29, 0.717) is 17.3 Å². The van der Waals surface area contributed by atoms with E-state index < -0.39 is 5.91 Å². The molecule has 2 N–H and O–H groups in total. The van der Waals surface area contributed by atoms with Crippen LogP contribution in [-0.2, 0) is 6.54 Å². The molecule has 4 heterocycles. The summed E-state index contributed by atoms with van der Waals surface area (Å²) in [5.41, 5.74) is 2.48. The fraction of sp³-hybridized carbons (Fsp3) is 0.0909. The van der Waals surface area contributed by atoms with E-state index in [-0.39, 0.29) is 23.7 Å². The predicted molar refractivity (Wildman–Crippen MR) is 117 cm³/mol. The van der Waals surface area contributed by atoms with Gasteiger partial charge in [-0.1, -0.05) is 35.5 Å². The SMILES string of the molecule is CN(Cc1ccon1)C(=O)c1cn[nH]c1C(=O)Nc1ccn2cc(-c3ccccc3)nc2n1. The minimum absolute atomic E-state index is 0.0296. The lowest BCUT2D eigenvalue weighted by Crippen LogP contribution is -2.28. The number of rotatable bonds is 6. The summed E-state index contributed by atoms with van der Waals surface area (Å²) in [5.74, 6) is -0.208. The van der Waals surface area contributed by atoms with Crippen LogP contribution in [0.25, 0.3) is 17.0 Å². The van der Waals surface area contributed by atoms with Crippen molar-refractivity contribution in [3.05, 3.63) is 84.3 Å². The van der Waals surface area contributed by atoms with Crippen molar-refractivity contribution in [2.45, 2.75) is 6.54 Å². The molecule has 11 nitrogen and oxygen atoms in total. The molecule has 0 saturated carbocycles. The van der Waals surface area contributed by atoms with Crippen LogP contribution >= 0.6 is 0 Å². The average molecular weight is 442 g/mol. The molecule has 5 rings (SSSR count). The smallest absolute Gasteiger partial charge is 0.275 e. The van der Waals surface area contributed by atoms with Gasteiger partial charge >= 0.3 is 0 Å². The Labute approximate surface area is 187 Å². The number of benzene rings is 1. The Bertz CT molecular complexity index is 1420. The number of nitrogens with one attached hydrogen (secondary N) is 2. The molecule has 0 fully saturated rings. The van der Waals surface area contributed by atoms with E-state index in [9.17, 15) is 9.59 Å². The van der Waals surface area contributed by atoms with Gasteiger partial charge in [-0.05, 0) is 6.07 Å². The summed E-state index contributed by atoms with van der Waals surface area (Å²) >= 11 is 0. The number of hydrogen-bond acceptors (Lipinski definition) is 7. The van der Waals surface area contributed by atoms with Crippen LogP contribution in [0.5, 0.6) is 0 Å². The highest BCUT2D eigenvalue weighted by Gasteiger charge is 2.23. The number of carbonyl (C=O) groups is 2. The zero-order valence-corrected chi connectivity index (χ0v) is 17.5. The highest BCUT2D eigenvalue weighted by Crippen LogP contribution is 2.19. The minimum atomic E-state index is -0.544. The van der Waals surface area contributed by atoms with E-state index in [1.165, 1.54) is 17.4 Å². The van der Waals surface area contributed by atoms with E-state index in [1.54, 1.807) is 29.8 Å². The molecular weight excluding hydrogens is 424 g/mol. The molecule has 0 bridgehead atoms. The van der Waals surface area contributed by atoms with Crippen molar-refractivity contribution in [1.82, 2.24) is 34.6 Å². The normalized spacial score (nSPS) is 10.9. The second-order valence-electron chi connectivity index (χ2n) is 7.28. The largest absolute Gasteiger partial charge is 0.364 e. The molecule has 0 unspecified atom stereocenters. The lowest BCUT2D eigenvalue weighted by Gasteiger charge is -2.15. The summed E-state index contributed by atoms with van der Waals surface area (Å²) in [6.45, 7) is 0.226. The maximum atomic E-state index is 12.9. The number of fused-ring (bicyclic) bond motifs is 1. The minimum Gasteiger partial charge on any atom is -0.364 e. The first kappa shape index (κ1) is 20.1.